The highest BCUT2D eigenvalue weighted by atomic mass is 35.5. The van der Waals surface area contributed by atoms with Gasteiger partial charge in [-0.05, 0) is 28.8 Å². The van der Waals surface area contributed by atoms with Crippen molar-refractivity contribution in [3.8, 4) is 0 Å². The molecular formula is C29H28Cl2N4. The molecule has 0 saturated carbocycles. The molecule has 178 valence electrons. The summed E-state index contributed by atoms with van der Waals surface area (Å²) in [4.78, 5) is 6.52. The summed E-state index contributed by atoms with van der Waals surface area (Å²) in [6.07, 6.45) is 12.0. The van der Waals surface area contributed by atoms with Crippen molar-refractivity contribution in [3.05, 3.63) is 130 Å². The minimum Gasteiger partial charge on any atom is -0.295 e. The van der Waals surface area contributed by atoms with E-state index < -0.39 is 0 Å². The number of halogens is 2. The molecule has 0 amide bonds. The molecule has 0 bridgehead atoms. The van der Waals surface area contributed by atoms with Crippen LogP contribution in [-0.4, -0.2) is 39.3 Å². The van der Waals surface area contributed by atoms with Crippen LogP contribution in [0.25, 0.3) is 12.2 Å². The van der Waals surface area contributed by atoms with Crippen LogP contribution >= 0.6 is 23.2 Å². The van der Waals surface area contributed by atoms with Crippen LogP contribution in [-0.2, 0) is 6.54 Å². The molecule has 0 saturated heterocycles. The maximum atomic E-state index is 6.64. The maximum absolute atomic E-state index is 6.64. The van der Waals surface area contributed by atoms with Crippen molar-refractivity contribution in [2.75, 3.05) is 19.6 Å². The normalized spacial score (nSPS) is 12.7. The SMILES string of the molecule is Clc1ccc(C(CN(C/C=C/c2ccccc2)C/C=C/c2ccccc2)Cn2cncn2)c(Cl)c1. The highest BCUT2D eigenvalue weighted by Crippen LogP contribution is 2.29. The summed E-state index contributed by atoms with van der Waals surface area (Å²) in [6, 6.07) is 26.4. The Morgan fingerprint density at radius 1 is 0.829 bits per heavy atom. The largest absolute Gasteiger partial charge is 0.295 e. The Labute approximate surface area is 217 Å². The minimum absolute atomic E-state index is 0.108. The summed E-state index contributed by atoms with van der Waals surface area (Å²) in [5, 5.41) is 5.63. The van der Waals surface area contributed by atoms with Gasteiger partial charge in [-0.2, -0.15) is 5.10 Å². The summed E-state index contributed by atoms with van der Waals surface area (Å²) >= 11 is 12.8. The number of aromatic nitrogens is 3. The Hall–Kier alpha value is -3.18. The maximum Gasteiger partial charge on any atom is 0.137 e. The van der Waals surface area contributed by atoms with Gasteiger partial charge in [-0.3, -0.25) is 9.58 Å². The van der Waals surface area contributed by atoms with Gasteiger partial charge in [-0.15, -0.1) is 0 Å². The van der Waals surface area contributed by atoms with Gasteiger partial charge in [0.05, 0.1) is 6.54 Å². The zero-order valence-electron chi connectivity index (χ0n) is 19.4. The van der Waals surface area contributed by atoms with Gasteiger partial charge < -0.3 is 0 Å². The van der Waals surface area contributed by atoms with Crippen LogP contribution < -0.4 is 0 Å². The van der Waals surface area contributed by atoms with Crippen LogP contribution in [0.5, 0.6) is 0 Å². The van der Waals surface area contributed by atoms with Crippen LogP contribution in [0.4, 0.5) is 0 Å². The lowest BCUT2D eigenvalue weighted by molar-refractivity contribution is 0.294. The Morgan fingerprint density at radius 3 is 2.00 bits per heavy atom. The Morgan fingerprint density at radius 2 is 1.46 bits per heavy atom. The standard InChI is InChI=1S/C29H28Cl2N4/c30-27-15-16-28(29(31)19-27)26(21-35-23-32-22-33-35)20-34(17-7-13-24-9-3-1-4-10-24)18-8-14-25-11-5-2-6-12-25/h1-16,19,22-23,26H,17-18,20-21H2/b13-7+,14-8+. The predicted octanol–water partition coefficient (Wildman–Crippen LogP) is 7.10. The first-order valence-corrected chi connectivity index (χ1v) is 12.4. The average molecular weight is 503 g/mol. The Balaban J connectivity index is 1.55. The molecular weight excluding hydrogens is 475 g/mol. The van der Waals surface area contributed by atoms with E-state index in [4.69, 9.17) is 23.2 Å². The summed E-state index contributed by atoms with van der Waals surface area (Å²) < 4.78 is 1.85. The summed E-state index contributed by atoms with van der Waals surface area (Å²) in [5.41, 5.74) is 3.43. The van der Waals surface area contributed by atoms with Crippen molar-refractivity contribution in [2.45, 2.75) is 12.5 Å². The molecule has 3 aromatic carbocycles. The van der Waals surface area contributed by atoms with Crippen molar-refractivity contribution < 1.29 is 0 Å². The summed E-state index contributed by atoms with van der Waals surface area (Å²) in [7, 11) is 0. The molecule has 1 aromatic heterocycles. The van der Waals surface area contributed by atoms with Crippen LogP contribution in [0.3, 0.4) is 0 Å². The number of rotatable bonds is 11. The molecule has 4 nitrogen and oxygen atoms in total. The highest BCUT2D eigenvalue weighted by Gasteiger charge is 2.19. The second-order valence-corrected chi connectivity index (χ2v) is 9.17. The van der Waals surface area contributed by atoms with Crippen LogP contribution in [0.15, 0.2) is 104 Å². The highest BCUT2D eigenvalue weighted by molar-refractivity contribution is 6.35. The quantitative estimate of drug-likeness (QED) is 0.219. The third-order valence-corrected chi connectivity index (χ3v) is 6.26. The molecule has 0 aliphatic rings. The van der Waals surface area contributed by atoms with Crippen molar-refractivity contribution in [3.63, 3.8) is 0 Å². The van der Waals surface area contributed by atoms with Gasteiger partial charge in [0, 0.05) is 35.6 Å². The topological polar surface area (TPSA) is 34.0 Å². The van der Waals surface area contributed by atoms with E-state index in [9.17, 15) is 0 Å². The molecule has 4 aromatic rings. The molecule has 1 heterocycles. The fourth-order valence-corrected chi connectivity index (χ4v) is 4.54. The monoisotopic (exact) mass is 502 g/mol. The minimum atomic E-state index is 0.108. The predicted molar refractivity (Wildman–Crippen MR) is 147 cm³/mol. The van der Waals surface area contributed by atoms with Gasteiger partial charge in [0.15, 0.2) is 0 Å². The molecule has 0 aliphatic heterocycles. The second kappa shape index (κ2) is 13.1. The first kappa shape index (κ1) is 24.9. The van der Waals surface area contributed by atoms with Gasteiger partial charge in [-0.1, -0.05) is 114 Å². The van der Waals surface area contributed by atoms with Crippen molar-refractivity contribution in [1.82, 2.24) is 19.7 Å². The molecule has 35 heavy (non-hydrogen) atoms. The van der Waals surface area contributed by atoms with E-state index in [2.05, 4.69) is 87.8 Å². The van der Waals surface area contributed by atoms with Gasteiger partial charge in [0.2, 0.25) is 0 Å². The third-order valence-electron chi connectivity index (χ3n) is 5.70. The van der Waals surface area contributed by atoms with Crippen LogP contribution in [0.1, 0.15) is 22.6 Å². The van der Waals surface area contributed by atoms with Gasteiger partial charge in [0.25, 0.3) is 0 Å². The van der Waals surface area contributed by atoms with Crippen molar-refractivity contribution in [2.24, 2.45) is 0 Å². The molecule has 0 fully saturated rings. The fourth-order valence-electron chi connectivity index (χ4n) is 3.98. The Kier molecular flexibility index (Phi) is 9.30. The van der Waals surface area contributed by atoms with E-state index in [0.29, 0.717) is 16.6 Å². The number of hydrogen-bond donors (Lipinski definition) is 0. The van der Waals surface area contributed by atoms with Crippen molar-refractivity contribution >= 4 is 35.4 Å². The number of nitrogens with zero attached hydrogens (tertiary/aromatic N) is 4. The smallest absolute Gasteiger partial charge is 0.137 e. The van der Waals surface area contributed by atoms with Gasteiger partial charge >= 0.3 is 0 Å². The molecule has 0 aliphatic carbocycles. The van der Waals surface area contributed by atoms with Crippen molar-refractivity contribution in [1.29, 1.82) is 0 Å². The molecule has 1 unspecified atom stereocenters. The first-order chi connectivity index (χ1) is 17.2. The molecule has 1 atom stereocenters. The average Bonchev–Trinajstić information content (AvgIpc) is 3.38. The van der Waals surface area contributed by atoms with E-state index >= 15 is 0 Å². The molecule has 6 heteroatoms. The lowest BCUT2D eigenvalue weighted by atomic mass is 9.98. The molecule has 0 spiro atoms. The Bertz CT molecular complexity index is 1170. The van der Waals surface area contributed by atoms with Gasteiger partial charge in [0.1, 0.15) is 12.7 Å². The van der Waals surface area contributed by atoms with Crippen LogP contribution in [0, 0.1) is 0 Å². The van der Waals surface area contributed by atoms with E-state index in [-0.39, 0.29) is 5.92 Å². The van der Waals surface area contributed by atoms with E-state index in [0.717, 1.165) is 25.2 Å². The van der Waals surface area contributed by atoms with Crippen LogP contribution in [0.2, 0.25) is 10.0 Å². The van der Waals surface area contributed by atoms with E-state index in [1.165, 1.54) is 11.1 Å². The lowest BCUT2D eigenvalue weighted by Crippen LogP contribution is -2.31. The van der Waals surface area contributed by atoms with E-state index in [1.54, 1.807) is 12.7 Å². The summed E-state index contributed by atoms with van der Waals surface area (Å²) in [6.45, 7) is 3.06. The number of hydrogen-bond acceptors (Lipinski definition) is 3. The third kappa shape index (κ3) is 7.93. The first-order valence-electron chi connectivity index (χ1n) is 11.6. The number of benzene rings is 3. The molecule has 0 radical (unpaired) electrons. The molecule has 4 rings (SSSR count). The van der Waals surface area contributed by atoms with Gasteiger partial charge in [-0.25, -0.2) is 4.98 Å². The lowest BCUT2D eigenvalue weighted by Gasteiger charge is -2.27. The zero-order valence-corrected chi connectivity index (χ0v) is 20.9. The molecule has 0 N–H and O–H groups in total. The summed E-state index contributed by atoms with van der Waals surface area (Å²) in [5.74, 6) is 0.108. The van der Waals surface area contributed by atoms with E-state index in [1.807, 2.05) is 35.0 Å². The second-order valence-electron chi connectivity index (χ2n) is 8.32. The zero-order chi connectivity index (χ0) is 24.3. The fraction of sp³-hybridized carbons (Fsp3) is 0.172.